The molecule has 0 aliphatic heterocycles. The fraction of sp³-hybridized carbons (Fsp3) is 0.562. The lowest BCUT2D eigenvalue weighted by atomic mass is 9.98. The molecule has 1 fully saturated rings. The predicted molar refractivity (Wildman–Crippen MR) is 80.3 cm³/mol. The van der Waals surface area contributed by atoms with Gasteiger partial charge in [-0.05, 0) is 37.8 Å². The number of esters is 1. The number of rotatable bonds is 6. The minimum Gasteiger partial charge on any atom is -0.459 e. The first-order valence-electron chi connectivity index (χ1n) is 7.53. The van der Waals surface area contributed by atoms with Crippen LogP contribution in [0.2, 0.25) is 0 Å². The Bertz CT molecular complexity index is 457. The Kier molecular flexibility index (Phi) is 6.02. The monoisotopic (exact) mass is 293 g/mol. The number of hydrogen-bond acceptors (Lipinski definition) is 5. The smallest absolute Gasteiger partial charge is 0.340 e. The first kappa shape index (κ1) is 15.8. The number of ether oxygens (including phenoxy) is 1. The molecule has 0 saturated heterocycles. The molecule has 1 atom stereocenters. The largest absolute Gasteiger partial charge is 0.459 e. The van der Waals surface area contributed by atoms with Gasteiger partial charge >= 0.3 is 5.97 Å². The van der Waals surface area contributed by atoms with Crippen LogP contribution in [0.15, 0.2) is 24.3 Å². The fourth-order valence-electron chi connectivity index (χ4n) is 2.51. The predicted octanol–water partition coefficient (Wildman–Crippen LogP) is 1.94. The maximum absolute atomic E-state index is 12.3. The number of hydrogen-bond donors (Lipinski definition) is 3. The van der Waals surface area contributed by atoms with E-state index in [1.807, 2.05) is 6.07 Å². The summed E-state index contributed by atoms with van der Waals surface area (Å²) >= 11 is 0. The molecule has 0 spiro atoms. The number of para-hydroxylation sites is 1. The zero-order valence-corrected chi connectivity index (χ0v) is 12.1. The third-order valence-electron chi connectivity index (χ3n) is 3.71. The van der Waals surface area contributed by atoms with E-state index in [0.717, 1.165) is 25.7 Å². The standard InChI is InChI=1S/C16H23NO4/c18-11-12(19)10-17-15-9-5-4-8-14(15)16(20)21-13-6-2-1-3-7-13/h4-5,8-9,12-13,17-19H,1-3,6-7,10-11H2. The number of carbonyl (C=O) groups excluding carboxylic acids is 1. The summed E-state index contributed by atoms with van der Waals surface area (Å²) in [6.07, 6.45) is 4.47. The van der Waals surface area contributed by atoms with E-state index in [0.29, 0.717) is 11.3 Å². The molecule has 0 amide bonds. The van der Waals surface area contributed by atoms with Gasteiger partial charge in [0.1, 0.15) is 6.10 Å². The summed E-state index contributed by atoms with van der Waals surface area (Å²) < 4.78 is 5.56. The summed E-state index contributed by atoms with van der Waals surface area (Å²) in [5.41, 5.74) is 1.08. The molecule has 0 aromatic heterocycles. The van der Waals surface area contributed by atoms with Crippen molar-refractivity contribution in [1.82, 2.24) is 0 Å². The molecule has 2 rings (SSSR count). The third-order valence-corrected chi connectivity index (χ3v) is 3.71. The zero-order chi connectivity index (χ0) is 15.1. The van der Waals surface area contributed by atoms with Crippen molar-refractivity contribution >= 4 is 11.7 Å². The Morgan fingerprint density at radius 3 is 2.71 bits per heavy atom. The van der Waals surface area contributed by atoms with Gasteiger partial charge in [0.2, 0.25) is 0 Å². The normalized spacial score (nSPS) is 17.2. The van der Waals surface area contributed by atoms with Crippen LogP contribution in [-0.2, 0) is 4.74 Å². The Hall–Kier alpha value is -1.59. The van der Waals surface area contributed by atoms with Crippen LogP contribution in [0.3, 0.4) is 0 Å². The van der Waals surface area contributed by atoms with Gasteiger partial charge < -0.3 is 20.3 Å². The van der Waals surface area contributed by atoms with Crippen LogP contribution in [0.4, 0.5) is 5.69 Å². The van der Waals surface area contributed by atoms with Crippen molar-refractivity contribution in [2.75, 3.05) is 18.5 Å². The molecule has 5 nitrogen and oxygen atoms in total. The van der Waals surface area contributed by atoms with Crippen molar-refractivity contribution in [2.45, 2.75) is 44.3 Å². The summed E-state index contributed by atoms with van der Waals surface area (Å²) in [6, 6.07) is 7.07. The van der Waals surface area contributed by atoms with Crippen molar-refractivity contribution < 1.29 is 19.7 Å². The molecule has 1 aliphatic carbocycles. The molecule has 21 heavy (non-hydrogen) atoms. The minimum atomic E-state index is -0.854. The van der Waals surface area contributed by atoms with Gasteiger partial charge in [-0.3, -0.25) is 0 Å². The molecule has 1 aromatic rings. The maximum atomic E-state index is 12.3. The van der Waals surface area contributed by atoms with Gasteiger partial charge in [0.25, 0.3) is 0 Å². The lowest BCUT2D eigenvalue weighted by Crippen LogP contribution is -2.25. The Morgan fingerprint density at radius 2 is 2.00 bits per heavy atom. The van der Waals surface area contributed by atoms with E-state index in [-0.39, 0.29) is 25.2 Å². The van der Waals surface area contributed by atoms with Crippen molar-refractivity contribution in [3.8, 4) is 0 Å². The van der Waals surface area contributed by atoms with E-state index >= 15 is 0 Å². The first-order chi connectivity index (χ1) is 10.2. The number of nitrogens with one attached hydrogen (secondary N) is 1. The molecule has 5 heteroatoms. The van der Waals surface area contributed by atoms with Gasteiger partial charge in [-0.2, -0.15) is 0 Å². The number of anilines is 1. The van der Waals surface area contributed by atoms with Crippen molar-refractivity contribution in [3.63, 3.8) is 0 Å². The summed E-state index contributed by atoms with van der Waals surface area (Å²) in [7, 11) is 0. The van der Waals surface area contributed by atoms with E-state index < -0.39 is 6.10 Å². The van der Waals surface area contributed by atoms with Gasteiger partial charge in [-0.15, -0.1) is 0 Å². The molecular formula is C16H23NO4. The molecule has 0 heterocycles. The van der Waals surface area contributed by atoms with Crippen LogP contribution in [0, 0.1) is 0 Å². The molecule has 1 unspecified atom stereocenters. The molecular weight excluding hydrogens is 270 g/mol. The molecule has 3 N–H and O–H groups in total. The van der Waals surface area contributed by atoms with Crippen LogP contribution < -0.4 is 5.32 Å². The molecule has 0 bridgehead atoms. The van der Waals surface area contributed by atoms with Crippen LogP contribution in [0.25, 0.3) is 0 Å². The number of aliphatic hydroxyl groups excluding tert-OH is 2. The summed E-state index contributed by atoms with van der Waals surface area (Å²) in [5, 5.41) is 21.2. The van der Waals surface area contributed by atoms with E-state index in [9.17, 15) is 9.90 Å². The number of benzene rings is 1. The highest BCUT2D eigenvalue weighted by molar-refractivity contribution is 5.95. The molecule has 1 aliphatic rings. The Balaban J connectivity index is 1.98. The SMILES string of the molecule is O=C(OC1CCCCC1)c1ccccc1NCC(O)CO. The van der Waals surface area contributed by atoms with Crippen LogP contribution in [0.5, 0.6) is 0 Å². The van der Waals surface area contributed by atoms with Gasteiger partial charge in [-0.25, -0.2) is 4.79 Å². The fourth-order valence-corrected chi connectivity index (χ4v) is 2.51. The van der Waals surface area contributed by atoms with Gasteiger partial charge in [-0.1, -0.05) is 18.6 Å². The average molecular weight is 293 g/mol. The lowest BCUT2D eigenvalue weighted by Gasteiger charge is -2.22. The zero-order valence-electron chi connectivity index (χ0n) is 12.1. The summed E-state index contributed by atoms with van der Waals surface area (Å²) in [6.45, 7) is -0.133. The average Bonchev–Trinajstić information content (AvgIpc) is 2.53. The summed E-state index contributed by atoms with van der Waals surface area (Å²) in [4.78, 5) is 12.3. The van der Waals surface area contributed by atoms with Gasteiger partial charge in [0, 0.05) is 12.2 Å². The molecule has 0 radical (unpaired) electrons. The molecule has 116 valence electrons. The highest BCUT2D eigenvalue weighted by Crippen LogP contribution is 2.23. The van der Waals surface area contributed by atoms with E-state index in [4.69, 9.17) is 9.84 Å². The second-order valence-corrected chi connectivity index (χ2v) is 5.43. The van der Waals surface area contributed by atoms with E-state index in [1.54, 1.807) is 18.2 Å². The Labute approximate surface area is 124 Å². The maximum Gasteiger partial charge on any atom is 0.340 e. The number of aliphatic hydroxyl groups is 2. The van der Waals surface area contributed by atoms with Crippen LogP contribution >= 0.6 is 0 Å². The third kappa shape index (κ3) is 4.72. The lowest BCUT2D eigenvalue weighted by molar-refractivity contribution is 0.0212. The first-order valence-corrected chi connectivity index (χ1v) is 7.53. The summed E-state index contributed by atoms with van der Waals surface area (Å²) in [5.74, 6) is -0.330. The van der Waals surface area contributed by atoms with Crippen LogP contribution in [-0.4, -0.2) is 41.5 Å². The van der Waals surface area contributed by atoms with Gasteiger partial charge in [0.05, 0.1) is 18.3 Å². The van der Waals surface area contributed by atoms with Crippen LogP contribution in [0.1, 0.15) is 42.5 Å². The molecule has 1 saturated carbocycles. The number of carbonyl (C=O) groups is 1. The van der Waals surface area contributed by atoms with E-state index in [1.165, 1.54) is 6.42 Å². The second-order valence-electron chi connectivity index (χ2n) is 5.43. The van der Waals surface area contributed by atoms with E-state index in [2.05, 4.69) is 5.32 Å². The van der Waals surface area contributed by atoms with Crippen molar-refractivity contribution in [1.29, 1.82) is 0 Å². The van der Waals surface area contributed by atoms with Crippen molar-refractivity contribution in [2.24, 2.45) is 0 Å². The van der Waals surface area contributed by atoms with Gasteiger partial charge in [0.15, 0.2) is 0 Å². The van der Waals surface area contributed by atoms with Crippen molar-refractivity contribution in [3.05, 3.63) is 29.8 Å². The topological polar surface area (TPSA) is 78.8 Å². The quantitative estimate of drug-likeness (QED) is 0.699. The Morgan fingerprint density at radius 1 is 1.29 bits per heavy atom. The highest BCUT2D eigenvalue weighted by Gasteiger charge is 2.20. The minimum absolute atomic E-state index is 0.0161. The molecule has 1 aromatic carbocycles. The second kappa shape index (κ2) is 8.00. The highest BCUT2D eigenvalue weighted by atomic mass is 16.5.